The van der Waals surface area contributed by atoms with Gasteiger partial charge < -0.3 is 10.6 Å². The van der Waals surface area contributed by atoms with Gasteiger partial charge in [0.2, 0.25) is 5.95 Å². The maximum atomic E-state index is 4.79. The standard InChI is InChI=1S/C24H23N5/c1-2-8-17(9-3-1)21-16-22(29-24(28-21)26-19-12-4-5-13-19)27-20-14-6-10-18-11-7-15-25-23(18)20/h1-3,6-11,14-16,19H,4-5,12-13H2,(H2,26,27,28,29). The monoisotopic (exact) mass is 381 g/mol. The molecule has 1 saturated carbocycles. The molecule has 0 saturated heterocycles. The molecule has 2 N–H and O–H groups in total. The Morgan fingerprint density at radius 1 is 0.828 bits per heavy atom. The summed E-state index contributed by atoms with van der Waals surface area (Å²) < 4.78 is 0. The first-order chi connectivity index (χ1) is 14.3. The lowest BCUT2D eigenvalue weighted by Gasteiger charge is -2.15. The van der Waals surface area contributed by atoms with Crippen molar-refractivity contribution < 1.29 is 0 Å². The van der Waals surface area contributed by atoms with Crippen LogP contribution in [0.15, 0.2) is 72.9 Å². The number of benzene rings is 2. The number of pyridine rings is 1. The number of aromatic nitrogens is 3. The van der Waals surface area contributed by atoms with Gasteiger partial charge in [-0.15, -0.1) is 0 Å². The molecule has 5 heteroatoms. The van der Waals surface area contributed by atoms with E-state index in [9.17, 15) is 0 Å². The molecular weight excluding hydrogens is 358 g/mol. The van der Waals surface area contributed by atoms with Crippen LogP contribution in [0.1, 0.15) is 25.7 Å². The van der Waals surface area contributed by atoms with Gasteiger partial charge in [0.05, 0.1) is 16.9 Å². The van der Waals surface area contributed by atoms with Crippen molar-refractivity contribution in [3.05, 3.63) is 72.9 Å². The molecule has 4 aromatic rings. The molecule has 0 amide bonds. The van der Waals surface area contributed by atoms with Crippen LogP contribution >= 0.6 is 0 Å². The third-order valence-electron chi connectivity index (χ3n) is 5.38. The van der Waals surface area contributed by atoms with Gasteiger partial charge in [-0.3, -0.25) is 4.98 Å². The minimum absolute atomic E-state index is 0.452. The highest BCUT2D eigenvalue weighted by Gasteiger charge is 2.17. The quantitative estimate of drug-likeness (QED) is 0.458. The Kier molecular flexibility index (Phi) is 4.78. The summed E-state index contributed by atoms with van der Waals surface area (Å²) in [4.78, 5) is 14.1. The second-order valence-electron chi connectivity index (χ2n) is 7.46. The lowest BCUT2D eigenvalue weighted by molar-refractivity contribution is 0.744. The van der Waals surface area contributed by atoms with Gasteiger partial charge in [-0.05, 0) is 25.0 Å². The third kappa shape index (κ3) is 3.90. The number of fused-ring (bicyclic) bond motifs is 1. The van der Waals surface area contributed by atoms with Crippen LogP contribution in [-0.4, -0.2) is 21.0 Å². The number of anilines is 3. The van der Waals surface area contributed by atoms with E-state index in [-0.39, 0.29) is 0 Å². The van der Waals surface area contributed by atoms with Crippen molar-refractivity contribution in [3.63, 3.8) is 0 Å². The van der Waals surface area contributed by atoms with E-state index in [0.717, 1.165) is 33.7 Å². The molecule has 5 nitrogen and oxygen atoms in total. The molecule has 1 aliphatic carbocycles. The number of para-hydroxylation sites is 1. The minimum atomic E-state index is 0.452. The molecule has 1 fully saturated rings. The van der Waals surface area contributed by atoms with Crippen LogP contribution < -0.4 is 10.6 Å². The van der Waals surface area contributed by atoms with Crippen LogP contribution in [0.5, 0.6) is 0 Å². The Labute approximate surface area is 170 Å². The largest absolute Gasteiger partial charge is 0.351 e. The number of hydrogen-bond acceptors (Lipinski definition) is 5. The zero-order valence-electron chi connectivity index (χ0n) is 16.2. The molecule has 2 aromatic heterocycles. The summed E-state index contributed by atoms with van der Waals surface area (Å²) >= 11 is 0. The summed E-state index contributed by atoms with van der Waals surface area (Å²) in [5.74, 6) is 1.44. The molecule has 0 bridgehead atoms. The van der Waals surface area contributed by atoms with Gasteiger partial charge in [0.15, 0.2) is 0 Å². The number of rotatable bonds is 5. The van der Waals surface area contributed by atoms with Gasteiger partial charge in [-0.2, -0.15) is 4.98 Å². The van der Waals surface area contributed by atoms with Crippen molar-refractivity contribution in [3.8, 4) is 11.3 Å². The maximum Gasteiger partial charge on any atom is 0.225 e. The zero-order valence-corrected chi connectivity index (χ0v) is 16.2. The van der Waals surface area contributed by atoms with E-state index < -0.39 is 0 Å². The van der Waals surface area contributed by atoms with Crippen LogP contribution in [0.4, 0.5) is 17.5 Å². The molecule has 144 valence electrons. The van der Waals surface area contributed by atoms with Crippen molar-refractivity contribution in [2.75, 3.05) is 10.6 Å². The van der Waals surface area contributed by atoms with E-state index in [1.54, 1.807) is 0 Å². The highest BCUT2D eigenvalue weighted by atomic mass is 15.2. The Balaban J connectivity index is 1.53. The molecule has 2 heterocycles. The smallest absolute Gasteiger partial charge is 0.225 e. The van der Waals surface area contributed by atoms with Gasteiger partial charge in [0.1, 0.15) is 5.82 Å². The first-order valence-corrected chi connectivity index (χ1v) is 10.2. The number of nitrogens with zero attached hydrogens (tertiary/aromatic N) is 3. The number of nitrogens with one attached hydrogen (secondary N) is 2. The average Bonchev–Trinajstić information content (AvgIpc) is 3.27. The Bertz CT molecular complexity index is 1120. The highest BCUT2D eigenvalue weighted by molar-refractivity contribution is 5.91. The first-order valence-electron chi connectivity index (χ1n) is 10.2. The first kappa shape index (κ1) is 17.6. The topological polar surface area (TPSA) is 62.7 Å². The van der Waals surface area contributed by atoms with E-state index in [1.165, 1.54) is 25.7 Å². The second kappa shape index (κ2) is 7.87. The summed E-state index contributed by atoms with van der Waals surface area (Å²) in [5, 5.41) is 8.10. The zero-order chi connectivity index (χ0) is 19.5. The number of hydrogen-bond donors (Lipinski definition) is 2. The Hall–Kier alpha value is -3.47. The van der Waals surface area contributed by atoms with E-state index in [0.29, 0.717) is 12.0 Å². The fourth-order valence-corrected chi connectivity index (χ4v) is 3.93. The van der Waals surface area contributed by atoms with Crippen molar-refractivity contribution in [1.29, 1.82) is 0 Å². The van der Waals surface area contributed by atoms with Crippen LogP contribution in [0.25, 0.3) is 22.2 Å². The molecule has 0 aliphatic heterocycles. The molecule has 0 atom stereocenters. The highest BCUT2D eigenvalue weighted by Crippen LogP contribution is 2.28. The van der Waals surface area contributed by atoms with Crippen molar-refractivity contribution in [2.24, 2.45) is 0 Å². The van der Waals surface area contributed by atoms with Crippen LogP contribution in [0, 0.1) is 0 Å². The van der Waals surface area contributed by atoms with Crippen molar-refractivity contribution in [2.45, 2.75) is 31.7 Å². The summed E-state index contributed by atoms with van der Waals surface area (Å²) in [6.07, 6.45) is 6.70. The molecule has 1 aliphatic rings. The third-order valence-corrected chi connectivity index (χ3v) is 5.38. The van der Waals surface area contributed by atoms with E-state index in [4.69, 9.17) is 9.97 Å². The second-order valence-corrected chi connectivity index (χ2v) is 7.46. The molecule has 0 spiro atoms. The molecule has 2 aromatic carbocycles. The normalized spacial score (nSPS) is 14.2. The lowest BCUT2D eigenvalue weighted by atomic mass is 10.1. The Morgan fingerprint density at radius 2 is 1.66 bits per heavy atom. The van der Waals surface area contributed by atoms with E-state index >= 15 is 0 Å². The van der Waals surface area contributed by atoms with Crippen LogP contribution in [-0.2, 0) is 0 Å². The van der Waals surface area contributed by atoms with Crippen molar-refractivity contribution in [1.82, 2.24) is 15.0 Å². The lowest BCUT2D eigenvalue weighted by Crippen LogP contribution is -2.17. The van der Waals surface area contributed by atoms with Crippen LogP contribution in [0.3, 0.4) is 0 Å². The van der Waals surface area contributed by atoms with E-state index in [1.807, 2.05) is 48.7 Å². The summed E-state index contributed by atoms with van der Waals surface area (Å²) in [6.45, 7) is 0. The maximum absolute atomic E-state index is 4.79. The fraction of sp³-hybridized carbons (Fsp3) is 0.208. The average molecular weight is 381 g/mol. The fourth-order valence-electron chi connectivity index (χ4n) is 3.93. The predicted octanol–water partition coefficient (Wildman–Crippen LogP) is 5.79. The summed E-state index contributed by atoms with van der Waals surface area (Å²) in [6, 6.07) is 22.8. The predicted molar refractivity (Wildman–Crippen MR) is 118 cm³/mol. The Morgan fingerprint density at radius 3 is 2.52 bits per heavy atom. The molecule has 0 radical (unpaired) electrons. The molecular formula is C24H23N5. The molecule has 0 unspecified atom stereocenters. The van der Waals surface area contributed by atoms with E-state index in [2.05, 4.69) is 39.9 Å². The van der Waals surface area contributed by atoms with Gasteiger partial charge in [0, 0.05) is 29.3 Å². The van der Waals surface area contributed by atoms with Crippen LogP contribution in [0.2, 0.25) is 0 Å². The SMILES string of the molecule is c1ccc(-c2cc(Nc3cccc4cccnc34)nc(NC3CCCC3)n2)cc1. The van der Waals surface area contributed by atoms with Gasteiger partial charge in [-0.25, -0.2) is 4.98 Å². The van der Waals surface area contributed by atoms with Gasteiger partial charge in [0.25, 0.3) is 0 Å². The summed E-state index contributed by atoms with van der Waals surface area (Å²) in [7, 11) is 0. The van der Waals surface area contributed by atoms with Crippen molar-refractivity contribution >= 4 is 28.4 Å². The summed E-state index contributed by atoms with van der Waals surface area (Å²) in [5.41, 5.74) is 3.84. The molecule has 29 heavy (non-hydrogen) atoms. The van der Waals surface area contributed by atoms with Gasteiger partial charge in [-0.1, -0.05) is 61.4 Å². The van der Waals surface area contributed by atoms with Gasteiger partial charge >= 0.3 is 0 Å². The molecule has 5 rings (SSSR count). The minimum Gasteiger partial charge on any atom is -0.351 e.